The van der Waals surface area contributed by atoms with Crippen molar-refractivity contribution in [3.05, 3.63) is 56.9 Å². The maximum absolute atomic E-state index is 12.9. The van der Waals surface area contributed by atoms with Gasteiger partial charge in [0.1, 0.15) is 5.82 Å². The number of rotatable bonds is 2. The van der Waals surface area contributed by atoms with Crippen molar-refractivity contribution in [1.29, 1.82) is 0 Å². The summed E-state index contributed by atoms with van der Waals surface area (Å²) in [4.78, 5) is 10.7. The Bertz CT molecular complexity index is 476. The van der Waals surface area contributed by atoms with Crippen LogP contribution in [0.4, 0.5) is 4.39 Å². The summed E-state index contributed by atoms with van der Waals surface area (Å²) in [5.41, 5.74) is 0.652. The quantitative estimate of drug-likeness (QED) is 0.461. The zero-order chi connectivity index (χ0) is 12.4. The molecule has 0 unspecified atom stereocenters. The second-order valence-corrected chi connectivity index (χ2v) is 4.48. The lowest BCUT2D eigenvalue weighted by atomic mass is 9.84. The van der Waals surface area contributed by atoms with Crippen LogP contribution >= 0.6 is 11.6 Å². The molecule has 2 atom stereocenters. The molecule has 1 aromatic rings. The molecule has 90 valence electrons. The molecule has 0 amide bonds. The molecule has 0 bridgehead atoms. The van der Waals surface area contributed by atoms with Gasteiger partial charge in [-0.05, 0) is 24.1 Å². The van der Waals surface area contributed by atoms with Gasteiger partial charge >= 0.3 is 0 Å². The Balaban J connectivity index is 2.37. The highest BCUT2D eigenvalue weighted by Crippen LogP contribution is 2.35. The van der Waals surface area contributed by atoms with E-state index < -0.39 is 11.9 Å². The second kappa shape index (κ2) is 4.84. The second-order valence-electron chi connectivity index (χ2n) is 4.07. The molecule has 1 aliphatic rings. The molecule has 3 nitrogen and oxygen atoms in total. The fraction of sp³-hybridized carbons (Fsp3) is 0.333. The molecule has 0 radical (unpaired) electrons. The van der Waals surface area contributed by atoms with Crippen LogP contribution in [0, 0.1) is 15.9 Å². The van der Waals surface area contributed by atoms with Crippen molar-refractivity contribution in [3.8, 4) is 0 Å². The first-order chi connectivity index (χ1) is 8.09. The lowest BCUT2D eigenvalue weighted by Gasteiger charge is -2.23. The Morgan fingerprint density at radius 3 is 2.71 bits per heavy atom. The number of hydrogen-bond acceptors (Lipinski definition) is 2. The van der Waals surface area contributed by atoms with Gasteiger partial charge in [0.05, 0.1) is 5.92 Å². The Morgan fingerprint density at radius 1 is 1.35 bits per heavy atom. The van der Waals surface area contributed by atoms with E-state index in [0.29, 0.717) is 18.4 Å². The first-order valence-electron chi connectivity index (χ1n) is 5.33. The van der Waals surface area contributed by atoms with E-state index in [4.69, 9.17) is 11.6 Å². The molecule has 0 saturated heterocycles. The Hall–Kier alpha value is -1.42. The number of nitro groups is 1. The molecule has 1 aromatic carbocycles. The summed E-state index contributed by atoms with van der Waals surface area (Å²) < 4.78 is 12.9. The largest absolute Gasteiger partial charge is 0.264 e. The van der Waals surface area contributed by atoms with Gasteiger partial charge in [0.15, 0.2) is 0 Å². The molecule has 1 aliphatic carbocycles. The fourth-order valence-electron chi connectivity index (χ4n) is 2.17. The summed E-state index contributed by atoms with van der Waals surface area (Å²) in [6, 6.07) is 3.35. The first kappa shape index (κ1) is 12.0. The SMILES string of the molecule is O=[N+]([O-])[C@@H]1CC=CC[C@H]1c1ccc(F)cc1Cl. The van der Waals surface area contributed by atoms with Crippen molar-refractivity contribution >= 4 is 11.6 Å². The predicted molar refractivity (Wildman–Crippen MR) is 63.3 cm³/mol. The molecule has 0 N–H and O–H groups in total. The molecule has 0 aliphatic heterocycles. The maximum atomic E-state index is 12.9. The molecule has 17 heavy (non-hydrogen) atoms. The summed E-state index contributed by atoms with van der Waals surface area (Å²) >= 11 is 5.95. The number of nitrogens with zero attached hydrogens (tertiary/aromatic N) is 1. The van der Waals surface area contributed by atoms with Gasteiger partial charge in [0, 0.05) is 16.4 Å². The maximum Gasteiger partial charge on any atom is 0.223 e. The summed E-state index contributed by atoms with van der Waals surface area (Å²) in [7, 11) is 0. The normalized spacial score (nSPS) is 23.6. The van der Waals surface area contributed by atoms with Crippen LogP contribution in [0.25, 0.3) is 0 Å². The van der Waals surface area contributed by atoms with Gasteiger partial charge in [-0.2, -0.15) is 0 Å². The van der Waals surface area contributed by atoms with Crippen molar-refractivity contribution in [1.82, 2.24) is 0 Å². The van der Waals surface area contributed by atoms with E-state index in [1.54, 1.807) is 6.08 Å². The number of hydrogen-bond donors (Lipinski definition) is 0. The lowest BCUT2D eigenvalue weighted by Crippen LogP contribution is -2.29. The molecule has 0 fully saturated rings. The van der Waals surface area contributed by atoms with Crippen LogP contribution in [-0.4, -0.2) is 11.0 Å². The first-order valence-corrected chi connectivity index (χ1v) is 5.71. The average molecular weight is 256 g/mol. The van der Waals surface area contributed by atoms with Crippen LogP contribution in [0.5, 0.6) is 0 Å². The third-order valence-electron chi connectivity index (χ3n) is 3.03. The van der Waals surface area contributed by atoms with Gasteiger partial charge in [-0.1, -0.05) is 29.8 Å². The van der Waals surface area contributed by atoms with E-state index in [9.17, 15) is 14.5 Å². The van der Waals surface area contributed by atoms with Crippen LogP contribution in [0.3, 0.4) is 0 Å². The summed E-state index contributed by atoms with van der Waals surface area (Å²) in [6.45, 7) is 0. The van der Waals surface area contributed by atoms with E-state index >= 15 is 0 Å². The monoisotopic (exact) mass is 255 g/mol. The predicted octanol–water partition coefficient (Wildman–Crippen LogP) is 3.56. The minimum Gasteiger partial charge on any atom is -0.264 e. The number of benzene rings is 1. The molecular formula is C12H11ClFNO2. The standard InChI is InChI=1S/C12H11ClFNO2/c13-11-7-8(14)5-6-9(11)10-3-1-2-4-12(10)15(16)17/h1-2,5-7,10,12H,3-4H2/t10-,12+/m0/s1. The summed E-state index contributed by atoms with van der Waals surface area (Å²) in [6.07, 6.45) is 4.67. The molecule has 5 heteroatoms. The molecule has 0 spiro atoms. The van der Waals surface area contributed by atoms with Crippen molar-refractivity contribution in [3.63, 3.8) is 0 Å². The van der Waals surface area contributed by atoms with E-state index in [1.165, 1.54) is 18.2 Å². The Kier molecular flexibility index (Phi) is 3.43. The average Bonchev–Trinajstić information content (AvgIpc) is 2.29. The van der Waals surface area contributed by atoms with E-state index in [-0.39, 0.29) is 15.9 Å². The zero-order valence-corrected chi connectivity index (χ0v) is 9.73. The van der Waals surface area contributed by atoms with Crippen molar-refractivity contribution < 1.29 is 9.31 Å². The van der Waals surface area contributed by atoms with Gasteiger partial charge in [-0.15, -0.1) is 0 Å². The van der Waals surface area contributed by atoms with Crippen LogP contribution in [-0.2, 0) is 0 Å². The van der Waals surface area contributed by atoms with Gasteiger partial charge in [-0.3, -0.25) is 10.1 Å². The van der Waals surface area contributed by atoms with E-state index in [0.717, 1.165) is 0 Å². The van der Waals surface area contributed by atoms with Crippen molar-refractivity contribution in [2.75, 3.05) is 0 Å². The Labute approximate surface area is 103 Å². The molecular weight excluding hydrogens is 245 g/mol. The third-order valence-corrected chi connectivity index (χ3v) is 3.36. The van der Waals surface area contributed by atoms with Gasteiger partial charge in [0.25, 0.3) is 0 Å². The van der Waals surface area contributed by atoms with Crippen LogP contribution < -0.4 is 0 Å². The smallest absolute Gasteiger partial charge is 0.223 e. The highest BCUT2D eigenvalue weighted by Gasteiger charge is 2.34. The van der Waals surface area contributed by atoms with Crippen molar-refractivity contribution in [2.45, 2.75) is 24.8 Å². The number of halogens is 2. The Morgan fingerprint density at radius 2 is 2.06 bits per heavy atom. The highest BCUT2D eigenvalue weighted by molar-refractivity contribution is 6.31. The minimum absolute atomic E-state index is 0.261. The van der Waals surface area contributed by atoms with Crippen LogP contribution in [0.2, 0.25) is 5.02 Å². The van der Waals surface area contributed by atoms with Crippen LogP contribution in [0.1, 0.15) is 24.3 Å². The van der Waals surface area contributed by atoms with E-state index in [1.807, 2.05) is 6.08 Å². The number of allylic oxidation sites excluding steroid dienone is 1. The lowest BCUT2D eigenvalue weighted by molar-refractivity contribution is -0.526. The minimum atomic E-state index is -0.678. The van der Waals surface area contributed by atoms with Crippen LogP contribution in [0.15, 0.2) is 30.4 Å². The van der Waals surface area contributed by atoms with Gasteiger partial charge in [0.2, 0.25) is 6.04 Å². The topological polar surface area (TPSA) is 43.1 Å². The molecule has 2 rings (SSSR count). The molecule has 0 aromatic heterocycles. The molecule has 0 saturated carbocycles. The molecule has 0 heterocycles. The van der Waals surface area contributed by atoms with Gasteiger partial charge in [-0.25, -0.2) is 4.39 Å². The third kappa shape index (κ3) is 2.47. The van der Waals surface area contributed by atoms with E-state index in [2.05, 4.69) is 0 Å². The van der Waals surface area contributed by atoms with Gasteiger partial charge < -0.3 is 0 Å². The summed E-state index contributed by atoms with van der Waals surface area (Å²) in [5, 5.41) is 11.2. The van der Waals surface area contributed by atoms with Crippen molar-refractivity contribution in [2.24, 2.45) is 0 Å². The fourth-order valence-corrected chi connectivity index (χ4v) is 2.48. The summed E-state index contributed by atoms with van der Waals surface area (Å²) in [5.74, 6) is -0.703. The highest BCUT2D eigenvalue weighted by atomic mass is 35.5. The zero-order valence-electron chi connectivity index (χ0n) is 8.98.